The Hall–Kier alpha value is -3.04. The van der Waals surface area contributed by atoms with Gasteiger partial charge in [-0.05, 0) is 59.2 Å². The van der Waals surface area contributed by atoms with E-state index in [9.17, 15) is 10.2 Å². The molecule has 3 nitrogen and oxygen atoms in total. The van der Waals surface area contributed by atoms with Crippen LogP contribution in [0.2, 0.25) is 0 Å². The van der Waals surface area contributed by atoms with Crippen molar-refractivity contribution in [2.24, 2.45) is 5.73 Å². The molecule has 0 heterocycles. The van der Waals surface area contributed by atoms with E-state index in [1.54, 1.807) is 12.1 Å². The zero-order valence-corrected chi connectivity index (χ0v) is 17.3. The smallest absolute Gasteiger partial charge is 0.123 e. The predicted octanol–water partition coefficient (Wildman–Crippen LogP) is 5.77. The summed E-state index contributed by atoms with van der Waals surface area (Å²) in [5.74, 6) is 0.295. The second kappa shape index (κ2) is 8.97. The molecule has 0 saturated heterocycles. The zero-order valence-electron chi connectivity index (χ0n) is 17.3. The Morgan fingerprint density at radius 3 is 1.97 bits per heavy atom. The van der Waals surface area contributed by atoms with Crippen LogP contribution in [-0.2, 0) is 13.0 Å². The zero-order chi connectivity index (χ0) is 21.0. The van der Waals surface area contributed by atoms with Crippen LogP contribution in [-0.4, -0.2) is 10.2 Å². The van der Waals surface area contributed by atoms with E-state index in [0.29, 0.717) is 18.5 Å². The van der Waals surface area contributed by atoms with Crippen molar-refractivity contribution in [1.29, 1.82) is 0 Å². The summed E-state index contributed by atoms with van der Waals surface area (Å²) in [5.41, 5.74) is 12.6. The minimum atomic E-state index is 0.0392. The molecular formula is C26H29NO2. The average Bonchev–Trinajstić information content (AvgIpc) is 2.69. The van der Waals surface area contributed by atoms with E-state index >= 15 is 0 Å². The summed E-state index contributed by atoms with van der Waals surface area (Å²) in [6.45, 7) is 6.49. The molecule has 4 N–H and O–H groups in total. The molecule has 0 aromatic heterocycles. The van der Waals surface area contributed by atoms with Crippen molar-refractivity contribution in [3.8, 4) is 11.5 Å². The molecule has 0 aliphatic rings. The number of allylic oxidation sites excluding steroid dienone is 1. The number of hydrogen-bond donors (Lipinski definition) is 3. The van der Waals surface area contributed by atoms with Crippen molar-refractivity contribution in [3.63, 3.8) is 0 Å². The van der Waals surface area contributed by atoms with Crippen LogP contribution in [0.15, 0.2) is 60.7 Å². The van der Waals surface area contributed by atoms with Gasteiger partial charge in [0.05, 0.1) is 0 Å². The monoisotopic (exact) mass is 387 g/mol. The van der Waals surface area contributed by atoms with Gasteiger partial charge in [0.2, 0.25) is 0 Å². The maximum Gasteiger partial charge on any atom is 0.123 e. The fourth-order valence-corrected chi connectivity index (χ4v) is 3.51. The van der Waals surface area contributed by atoms with Crippen LogP contribution in [0.25, 0.3) is 11.6 Å². The topological polar surface area (TPSA) is 66.5 Å². The number of hydrogen-bond acceptors (Lipinski definition) is 3. The van der Waals surface area contributed by atoms with Crippen LogP contribution >= 0.6 is 0 Å². The van der Waals surface area contributed by atoms with Gasteiger partial charge in [-0.15, -0.1) is 0 Å². The quantitative estimate of drug-likeness (QED) is 0.470. The molecule has 0 aliphatic carbocycles. The van der Waals surface area contributed by atoms with Crippen molar-refractivity contribution in [1.82, 2.24) is 0 Å². The van der Waals surface area contributed by atoms with Crippen LogP contribution in [0, 0.1) is 6.92 Å². The van der Waals surface area contributed by atoms with Gasteiger partial charge in [0.25, 0.3) is 0 Å². The summed E-state index contributed by atoms with van der Waals surface area (Å²) in [5, 5.41) is 21.1. The van der Waals surface area contributed by atoms with Gasteiger partial charge in [-0.1, -0.05) is 74.0 Å². The molecule has 0 spiro atoms. The van der Waals surface area contributed by atoms with Crippen LogP contribution < -0.4 is 5.73 Å². The van der Waals surface area contributed by atoms with E-state index < -0.39 is 0 Å². The van der Waals surface area contributed by atoms with Gasteiger partial charge in [0.15, 0.2) is 0 Å². The van der Waals surface area contributed by atoms with Crippen LogP contribution in [0.4, 0.5) is 0 Å². The lowest BCUT2D eigenvalue weighted by Gasteiger charge is -2.15. The van der Waals surface area contributed by atoms with Crippen LogP contribution in [0.3, 0.4) is 0 Å². The number of phenols is 2. The van der Waals surface area contributed by atoms with Crippen molar-refractivity contribution in [2.75, 3.05) is 0 Å². The molecule has 0 amide bonds. The molecule has 3 rings (SSSR count). The molecule has 0 unspecified atom stereocenters. The van der Waals surface area contributed by atoms with Gasteiger partial charge in [-0.2, -0.15) is 0 Å². The lowest BCUT2D eigenvalue weighted by molar-refractivity contribution is 0.433. The average molecular weight is 388 g/mol. The van der Waals surface area contributed by atoms with E-state index in [1.165, 1.54) is 11.1 Å². The van der Waals surface area contributed by atoms with Crippen molar-refractivity contribution in [2.45, 2.75) is 39.7 Å². The third-order valence-corrected chi connectivity index (χ3v) is 5.16. The van der Waals surface area contributed by atoms with Gasteiger partial charge in [0, 0.05) is 12.1 Å². The van der Waals surface area contributed by atoms with Crippen molar-refractivity contribution in [3.05, 3.63) is 94.0 Å². The van der Waals surface area contributed by atoms with E-state index in [0.717, 1.165) is 22.3 Å². The Morgan fingerprint density at radius 2 is 1.45 bits per heavy atom. The summed E-state index contributed by atoms with van der Waals surface area (Å²) < 4.78 is 0. The lowest BCUT2D eigenvalue weighted by Crippen LogP contribution is -1.96. The maximum absolute atomic E-state index is 10.5. The molecule has 0 aliphatic heterocycles. The standard InChI is InChI=1S/C26H29NO2/c1-17(2)26-24(28)14-23(15-25(26)29)22(12-19-6-4-18(3)5-7-19)13-20-8-10-21(16-27)11-9-20/h4-11,13-15,17,28-29H,12,16,27H2,1-3H3. The summed E-state index contributed by atoms with van der Waals surface area (Å²) in [6, 6.07) is 20.1. The first-order chi connectivity index (χ1) is 13.9. The minimum absolute atomic E-state index is 0.0392. The molecule has 0 fully saturated rings. The molecule has 0 saturated carbocycles. The first kappa shape index (κ1) is 20.7. The van der Waals surface area contributed by atoms with Gasteiger partial charge in [-0.25, -0.2) is 0 Å². The highest BCUT2D eigenvalue weighted by molar-refractivity contribution is 5.84. The van der Waals surface area contributed by atoms with E-state index in [4.69, 9.17) is 5.73 Å². The lowest BCUT2D eigenvalue weighted by atomic mass is 9.92. The third-order valence-electron chi connectivity index (χ3n) is 5.16. The predicted molar refractivity (Wildman–Crippen MR) is 121 cm³/mol. The fraction of sp³-hybridized carbons (Fsp3) is 0.231. The number of nitrogens with two attached hydrogens (primary N) is 1. The Labute approximate surface area is 173 Å². The minimum Gasteiger partial charge on any atom is -0.507 e. The number of aromatic hydroxyl groups is 2. The second-order valence-electron chi connectivity index (χ2n) is 7.86. The summed E-state index contributed by atoms with van der Waals surface area (Å²) in [7, 11) is 0. The first-order valence-corrected chi connectivity index (χ1v) is 9.98. The van der Waals surface area contributed by atoms with Gasteiger partial charge in [-0.3, -0.25) is 0 Å². The van der Waals surface area contributed by atoms with Gasteiger partial charge in [0.1, 0.15) is 11.5 Å². The van der Waals surface area contributed by atoms with Gasteiger partial charge < -0.3 is 15.9 Å². The van der Waals surface area contributed by atoms with Crippen LogP contribution in [0.5, 0.6) is 11.5 Å². The number of rotatable bonds is 6. The molecule has 3 aromatic rings. The Balaban J connectivity index is 2.06. The Kier molecular flexibility index (Phi) is 6.40. The first-order valence-electron chi connectivity index (χ1n) is 9.98. The highest BCUT2D eigenvalue weighted by Gasteiger charge is 2.15. The molecule has 0 radical (unpaired) electrons. The molecule has 0 atom stereocenters. The number of benzene rings is 3. The fourth-order valence-electron chi connectivity index (χ4n) is 3.51. The SMILES string of the molecule is Cc1ccc(CC(=Cc2ccc(CN)cc2)c2cc(O)c(C(C)C)c(O)c2)cc1. The Bertz CT molecular complexity index is 977. The number of phenolic OH excluding ortho intramolecular Hbond substituents is 2. The number of aryl methyl sites for hydroxylation is 1. The summed E-state index contributed by atoms with van der Waals surface area (Å²) in [4.78, 5) is 0. The molecular weight excluding hydrogens is 358 g/mol. The highest BCUT2D eigenvalue weighted by atomic mass is 16.3. The highest BCUT2D eigenvalue weighted by Crippen LogP contribution is 2.38. The van der Waals surface area contributed by atoms with E-state index in [2.05, 4.69) is 37.3 Å². The molecule has 3 heteroatoms. The third kappa shape index (κ3) is 5.07. The molecule has 150 valence electrons. The molecule has 3 aromatic carbocycles. The largest absolute Gasteiger partial charge is 0.507 e. The molecule has 29 heavy (non-hydrogen) atoms. The second-order valence-corrected chi connectivity index (χ2v) is 7.86. The van der Waals surface area contributed by atoms with Gasteiger partial charge >= 0.3 is 0 Å². The molecule has 0 bridgehead atoms. The van der Waals surface area contributed by atoms with Crippen LogP contribution in [0.1, 0.15) is 53.1 Å². The van der Waals surface area contributed by atoms with E-state index in [-0.39, 0.29) is 17.4 Å². The normalized spacial score (nSPS) is 11.8. The maximum atomic E-state index is 10.5. The summed E-state index contributed by atoms with van der Waals surface area (Å²) >= 11 is 0. The summed E-state index contributed by atoms with van der Waals surface area (Å²) in [6.07, 6.45) is 2.79. The van der Waals surface area contributed by atoms with Crippen molar-refractivity contribution < 1.29 is 10.2 Å². The van der Waals surface area contributed by atoms with E-state index in [1.807, 2.05) is 38.1 Å². The van der Waals surface area contributed by atoms with Crippen molar-refractivity contribution >= 4 is 11.6 Å². The Morgan fingerprint density at radius 1 is 0.897 bits per heavy atom.